The van der Waals surface area contributed by atoms with E-state index in [9.17, 15) is 9.59 Å². The molecule has 1 fully saturated rings. The highest BCUT2D eigenvalue weighted by molar-refractivity contribution is 5.98. The van der Waals surface area contributed by atoms with Crippen molar-refractivity contribution in [3.63, 3.8) is 0 Å². The minimum atomic E-state index is 0.0202. The average molecular weight is 361 g/mol. The molecule has 0 spiro atoms. The Kier molecular flexibility index (Phi) is 5.01. The Bertz CT molecular complexity index is 907. The molecular formula is C22H23N3O2. The molecule has 0 saturated carbocycles. The van der Waals surface area contributed by atoms with Crippen LogP contribution in [0.3, 0.4) is 0 Å². The van der Waals surface area contributed by atoms with Crippen molar-refractivity contribution in [3.8, 4) is 0 Å². The number of amides is 1. The second kappa shape index (κ2) is 7.74. The van der Waals surface area contributed by atoms with Crippen LogP contribution in [0.25, 0.3) is 11.0 Å². The summed E-state index contributed by atoms with van der Waals surface area (Å²) in [5.41, 5.74) is 2.70. The zero-order chi connectivity index (χ0) is 18.6. The van der Waals surface area contributed by atoms with Gasteiger partial charge in [0.25, 0.3) is 0 Å². The normalized spacial score (nSPS) is 15.2. The zero-order valence-corrected chi connectivity index (χ0v) is 15.2. The maximum absolute atomic E-state index is 12.6. The molecule has 1 aliphatic heterocycles. The molecule has 1 aliphatic rings. The number of benzene rings is 2. The summed E-state index contributed by atoms with van der Waals surface area (Å²) in [5.74, 6) is 1.21. The number of carbonyl (C=O) groups excluding carboxylic acids is 2. The fraction of sp³-hybridized carbons (Fsp3) is 0.318. The van der Waals surface area contributed by atoms with Gasteiger partial charge in [0.2, 0.25) is 5.91 Å². The molecule has 1 N–H and O–H groups in total. The predicted molar refractivity (Wildman–Crippen MR) is 104 cm³/mol. The van der Waals surface area contributed by atoms with Crippen LogP contribution >= 0.6 is 0 Å². The highest BCUT2D eigenvalue weighted by Gasteiger charge is 2.27. The fourth-order valence-electron chi connectivity index (χ4n) is 3.74. The first-order chi connectivity index (χ1) is 13.2. The highest BCUT2D eigenvalue weighted by Crippen LogP contribution is 2.22. The SMILES string of the molecule is O=C(c1ccccc1)C1CCN(C(=O)CCc2nc3ccccc3[nH]2)CC1. The molecule has 5 heteroatoms. The van der Waals surface area contributed by atoms with Crippen molar-refractivity contribution in [2.45, 2.75) is 25.7 Å². The number of nitrogens with zero attached hydrogens (tertiary/aromatic N) is 2. The minimum Gasteiger partial charge on any atom is -0.343 e. The number of H-pyrrole nitrogens is 1. The van der Waals surface area contributed by atoms with Crippen LogP contribution in [-0.4, -0.2) is 39.6 Å². The monoisotopic (exact) mass is 361 g/mol. The second-order valence-electron chi connectivity index (χ2n) is 7.09. The number of aromatic nitrogens is 2. The van der Waals surface area contributed by atoms with Gasteiger partial charge >= 0.3 is 0 Å². The Balaban J connectivity index is 1.29. The summed E-state index contributed by atoms with van der Waals surface area (Å²) in [6, 6.07) is 17.3. The number of carbonyl (C=O) groups is 2. The number of ketones is 1. The lowest BCUT2D eigenvalue weighted by molar-refractivity contribution is -0.132. The van der Waals surface area contributed by atoms with Crippen molar-refractivity contribution < 1.29 is 9.59 Å². The van der Waals surface area contributed by atoms with E-state index >= 15 is 0 Å². The third-order valence-electron chi connectivity index (χ3n) is 5.29. The summed E-state index contributed by atoms with van der Waals surface area (Å²) in [5, 5.41) is 0. The molecule has 2 aromatic carbocycles. The van der Waals surface area contributed by atoms with Gasteiger partial charge in [-0.25, -0.2) is 4.98 Å². The third-order valence-corrected chi connectivity index (χ3v) is 5.29. The molecule has 1 saturated heterocycles. The Morgan fingerprint density at radius 3 is 2.44 bits per heavy atom. The highest BCUT2D eigenvalue weighted by atomic mass is 16.2. The number of rotatable bonds is 5. The number of hydrogen-bond donors (Lipinski definition) is 1. The number of aryl methyl sites for hydroxylation is 1. The van der Waals surface area contributed by atoms with Gasteiger partial charge in [-0.1, -0.05) is 42.5 Å². The summed E-state index contributed by atoms with van der Waals surface area (Å²) in [6.07, 6.45) is 2.53. The van der Waals surface area contributed by atoms with Crippen molar-refractivity contribution in [1.82, 2.24) is 14.9 Å². The number of fused-ring (bicyclic) bond motifs is 1. The average Bonchev–Trinajstić information content (AvgIpc) is 3.15. The van der Waals surface area contributed by atoms with Crippen molar-refractivity contribution >= 4 is 22.7 Å². The number of aromatic amines is 1. The van der Waals surface area contributed by atoms with Crippen LogP contribution in [0.15, 0.2) is 54.6 Å². The lowest BCUT2D eigenvalue weighted by atomic mass is 9.89. The lowest BCUT2D eigenvalue weighted by Gasteiger charge is -2.31. The number of piperidine rings is 1. The standard InChI is InChI=1S/C22H23N3O2/c26-21(11-10-20-23-18-8-4-5-9-19(18)24-20)25-14-12-17(13-15-25)22(27)16-6-2-1-3-7-16/h1-9,17H,10-15H2,(H,23,24). The van der Waals surface area contributed by atoms with E-state index in [2.05, 4.69) is 9.97 Å². The fourth-order valence-corrected chi connectivity index (χ4v) is 3.74. The van der Waals surface area contributed by atoms with E-state index in [0.29, 0.717) is 25.9 Å². The molecule has 1 amide bonds. The molecule has 0 aliphatic carbocycles. The maximum atomic E-state index is 12.6. The van der Waals surface area contributed by atoms with Gasteiger partial charge in [-0.3, -0.25) is 9.59 Å². The Hall–Kier alpha value is -2.95. The van der Waals surface area contributed by atoms with E-state index in [1.165, 1.54) is 0 Å². The van der Waals surface area contributed by atoms with E-state index < -0.39 is 0 Å². The van der Waals surface area contributed by atoms with Crippen molar-refractivity contribution in [2.75, 3.05) is 13.1 Å². The van der Waals surface area contributed by atoms with Crippen LogP contribution in [-0.2, 0) is 11.2 Å². The van der Waals surface area contributed by atoms with Crippen molar-refractivity contribution in [2.24, 2.45) is 5.92 Å². The van der Waals surface area contributed by atoms with Gasteiger partial charge in [0.05, 0.1) is 11.0 Å². The molecule has 0 bridgehead atoms. The number of para-hydroxylation sites is 2. The van der Waals surface area contributed by atoms with Crippen molar-refractivity contribution in [3.05, 3.63) is 66.0 Å². The van der Waals surface area contributed by atoms with Gasteiger partial charge in [-0.05, 0) is 25.0 Å². The Morgan fingerprint density at radius 1 is 1.00 bits per heavy atom. The molecule has 0 atom stereocenters. The van der Waals surface area contributed by atoms with E-state index in [-0.39, 0.29) is 17.6 Å². The number of Topliss-reactive ketones (excluding diaryl/α,β-unsaturated/α-hetero) is 1. The van der Waals surface area contributed by atoms with Crippen LogP contribution < -0.4 is 0 Å². The van der Waals surface area contributed by atoms with Gasteiger partial charge in [0.1, 0.15) is 5.82 Å². The molecule has 0 unspecified atom stereocenters. The number of imidazole rings is 1. The van der Waals surface area contributed by atoms with E-state index in [0.717, 1.165) is 35.3 Å². The van der Waals surface area contributed by atoms with Crippen LogP contribution in [0, 0.1) is 5.92 Å². The summed E-state index contributed by atoms with van der Waals surface area (Å²) in [7, 11) is 0. The maximum Gasteiger partial charge on any atom is 0.223 e. The molecule has 138 valence electrons. The topological polar surface area (TPSA) is 66.1 Å². The molecule has 2 heterocycles. The molecule has 1 aromatic heterocycles. The minimum absolute atomic E-state index is 0.0202. The predicted octanol–water partition coefficient (Wildman–Crippen LogP) is 3.62. The van der Waals surface area contributed by atoms with Gasteiger partial charge in [0, 0.05) is 37.4 Å². The number of nitrogens with one attached hydrogen (secondary N) is 1. The van der Waals surface area contributed by atoms with E-state index in [4.69, 9.17) is 0 Å². The lowest BCUT2D eigenvalue weighted by Crippen LogP contribution is -2.40. The van der Waals surface area contributed by atoms with Gasteiger partial charge < -0.3 is 9.88 Å². The first-order valence-electron chi connectivity index (χ1n) is 9.51. The second-order valence-corrected chi connectivity index (χ2v) is 7.09. The van der Waals surface area contributed by atoms with Gasteiger partial charge in [-0.2, -0.15) is 0 Å². The first-order valence-corrected chi connectivity index (χ1v) is 9.51. The summed E-state index contributed by atoms with van der Waals surface area (Å²) in [4.78, 5) is 34.8. The van der Waals surface area contributed by atoms with Crippen LogP contribution in [0.1, 0.15) is 35.4 Å². The third kappa shape index (κ3) is 3.92. The van der Waals surface area contributed by atoms with Crippen LogP contribution in [0.2, 0.25) is 0 Å². The number of hydrogen-bond acceptors (Lipinski definition) is 3. The summed E-state index contributed by atoms with van der Waals surface area (Å²) < 4.78 is 0. The van der Waals surface area contributed by atoms with Gasteiger partial charge in [-0.15, -0.1) is 0 Å². The van der Waals surface area contributed by atoms with E-state index in [1.807, 2.05) is 59.5 Å². The zero-order valence-electron chi connectivity index (χ0n) is 15.2. The van der Waals surface area contributed by atoms with Crippen LogP contribution in [0.4, 0.5) is 0 Å². The molecule has 0 radical (unpaired) electrons. The quantitative estimate of drug-likeness (QED) is 0.706. The Labute approximate surface area is 158 Å². The molecular weight excluding hydrogens is 338 g/mol. The molecule has 27 heavy (non-hydrogen) atoms. The first kappa shape index (κ1) is 17.5. The van der Waals surface area contributed by atoms with Crippen molar-refractivity contribution in [1.29, 1.82) is 0 Å². The van der Waals surface area contributed by atoms with Gasteiger partial charge in [0.15, 0.2) is 5.78 Å². The largest absolute Gasteiger partial charge is 0.343 e. The van der Waals surface area contributed by atoms with Crippen LogP contribution in [0.5, 0.6) is 0 Å². The summed E-state index contributed by atoms with van der Waals surface area (Å²) in [6.45, 7) is 1.31. The molecule has 4 rings (SSSR count). The number of likely N-dealkylation sites (tertiary alicyclic amines) is 1. The Morgan fingerprint density at radius 2 is 1.70 bits per heavy atom. The summed E-state index contributed by atoms with van der Waals surface area (Å²) >= 11 is 0. The smallest absolute Gasteiger partial charge is 0.223 e. The molecule has 3 aromatic rings. The molecule has 5 nitrogen and oxygen atoms in total. The van der Waals surface area contributed by atoms with E-state index in [1.54, 1.807) is 0 Å².